The van der Waals surface area contributed by atoms with Gasteiger partial charge in [-0.3, -0.25) is 0 Å². The highest BCUT2D eigenvalue weighted by Gasteiger charge is 2.04. The average Bonchev–Trinajstić information content (AvgIpc) is 2.59. The minimum atomic E-state index is 0.878. The second kappa shape index (κ2) is 6.35. The van der Waals surface area contributed by atoms with Crippen LogP contribution in [0, 0.1) is 0 Å². The molecule has 0 saturated heterocycles. The SMILES string of the molecule is COC=Cc1ccccc1-c1ccc2cc(OC)ccc2c1. The molecule has 0 amide bonds. The second-order valence-electron chi connectivity index (χ2n) is 5.05. The third-order valence-corrected chi connectivity index (χ3v) is 3.70. The molecule has 0 heterocycles. The van der Waals surface area contributed by atoms with E-state index in [0.717, 1.165) is 11.3 Å². The van der Waals surface area contributed by atoms with Crippen molar-refractivity contribution in [2.24, 2.45) is 0 Å². The smallest absolute Gasteiger partial charge is 0.119 e. The van der Waals surface area contributed by atoms with Crippen LogP contribution in [0.25, 0.3) is 28.0 Å². The van der Waals surface area contributed by atoms with Gasteiger partial charge < -0.3 is 9.47 Å². The van der Waals surface area contributed by atoms with Crippen molar-refractivity contribution in [2.75, 3.05) is 14.2 Å². The molecule has 3 aromatic carbocycles. The van der Waals surface area contributed by atoms with Crippen LogP contribution in [0.15, 0.2) is 66.9 Å². The molecule has 0 N–H and O–H groups in total. The molecule has 0 spiro atoms. The summed E-state index contributed by atoms with van der Waals surface area (Å²) in [6.07, 6.45) is 3.68. The second-order valence-corrected chi connectivity index (χ2v) is 5.05. The predicted molar refractivity (Wildman–Crippen MR) is 92.0 cm³/mol. The number of methoxy groups -OCH3 is 2. The fraction of sp³-hybridized carbons (Fsp3) is 0.100. The van der Waals surface area contributed by atoms with Gasteiger partial charge in [-0.2, -0.15) is 0 Å². The van der Waals surface area contributed by atoms with Crippen LogP contribution >= 0.6 is 0 Å². The zero-order valence-corrected chi connectivity index (χ0v) is 12.7. The van der Waals surface area contributed by atoms with Crippen LogP contribution in [-0.2, 0) is 4.74 Å². The molecule has 0 unspecified atom stereocenters. The minimum Gasteiger partial charge on any atom is -0.504 e. The van der Waals surface area contributed by atoms with E-state index in [1.54, 1.807) is 20.5 Å². The number of fused-ring (bicyclic) bond motifs is 1. The predicted octanol–water partition coefficient (Wildman–Crippen LogP) is 5.13. The molecule has 0 aliphatic heterocycles. The highest BCUT2D eigenvalue weighted by atomic mass is 16.5. The maximum absolute atomic E-state index is 5.28. The molecule has 0 radical (unpaired) electrons. The Hall–Kier alpha value is -2.74. The Balaban J connectivity index is 2.09. The number of ether oxygens (including phenoxy) is 2. The minimum absolute atomic E-state index is 0.878. The summed E-state index contributed by atoms with van der Waals surface area (Å²) in [6.45, 7) is 0. The molecule has 0 atom stereocenters. The molecule has 3 aromatic rings. The Morgan fingerprint density at radius 3 is 2.41 bits per heavy atom. The quantitative estimate of drug-likeness (QED) is 0.620. The highest BCUT2D eigenvalue weighted by molar-refractivity contribution is 5.89. The van der Waals surface area contributed by atoms with Crippen LogP contribution in [0.2, 0.25) is 0 Å². The van der Waals surface area contributed by atoms with Gasteiger partial charge in [0.05, 0.1) is 20.5 Å². The monoisotopic (exact) mass is 290 g/mol. The summed E-state index contributed by atoms with van der Waals surface area (Å²) in [5.41, 5.74) is 3.51. The summed E-state index contributed by atoms with van der Waals surface area (Å²) in [5.74, 6) is 0.878. The first-order valence-electron chi connectivity index (χ1n) is 7.18. The number of hydrogen-bond donors (Lipinski definition) is 0. The van der Waals surface area contributed by atoms with Gasteiger partial charge in [0, 0.05) is 0 Å². The number of hydrogen-bond acceptors (Lipinski definition) is 2. The van der Waals surface area contributed by atoms with E-state index in [9.17, 15) is 0 Å². The largest absolute Gasteiger partial charge is 0.504 e. The van der Waals surface area contributed by atoms with Crippen molar-refractivity contribution >= 4 is 16.8 Å². The zero-order chi connectivity index (χ0) is 15.4. The first kappa shape index (κ1) is 14.2. The van der Waals surface area contributed by atoms with Crippen LogP contribution in [0.3, 0.4) is 0 Å². The van der Waals surface area contributed by atoms with Crippen molar-refractivity contribution in [1.29, 1.82) is 0 Å². The van der Waals surface area contributed by atoms with Gasteiger partial charge in [0.1, 0.15) is 5.75 Å². The Labute approximate surface area is 130 Å². The maximum Gasteiger partial charge on any atom is 0.119 e. The van der Waals surface area contributed by atoms with Crippen molar-refractivity contribution in [3.63, 3.8) is 0 Å². The lowest BCUT2D eigenvalue weighted by Gasteiger charge is -2.09. The first-order chi connectivity index (χ1) is 10.8. The Kier molecular flexibility index (Phi) is 4.10. The van der Waals surface area contributed by atoms with E-state index >= 15 is 0 Å². The number of benzene rings is 3. The molecule has 0 aliphatic carbocycles. The van der Waals surface area contributed by atoms with Crippen molar-refractivity contribution in [2.45, 2.75) is 0 Å². The first-order valence-corrected chi connectivity index (χ1v) is 7.18. The molecule has 0 bridgehead atoms. The fourth-order valence-electron chi connectivity index (χ4n) is 2.56. The normalized spacial score (nSPS) is 11.0. The Morgan fingerprint density at radius 2 is 1.59 bits per heavy atom. The van der Waals surface area contributed by atoms with E-state index in [4.69, 9.17) is 9.47 Å². The lowest BCUT2D eigenvalue weighted by Crippen LogP contribution is -1.85. The van der Waals surface area contributed by atoms with E-state index in [0.29, 0.717) is 0 Å². The Morgan fingerprint density at radius 1 is 0.818 bits per heavy atom. The molecule has 0 aliphatic rings. The lowest BCUT2D eigenvalue weighted by molar-refractivity contribution is 0.341. The molecular weight excluding hydrogens is 272 g/mol. The van der Waals surface area contributed by atoms with E-state index in [2.05, 4.69) is 48.5 Å². The standard InChI is InChI=1S/C20H18O2/c1-21-12-11-15-5-3-4-6-20(15)18-8-7-17-14-19(22-2)10-9-16(17)13-18/h3-14H,1-2H3. The summed E-state index contributed by atoms with van der Waals surface area (Å²) in [5, 5.41) is 2.37. The Bertz CT molecular complexity index is 819. The van der Waals surface area contributed by atoms with Crippen LogP contribution < -0.4 is 4.74 Å². The summed E-state index contributed by atoms with van der Waals surface area (Å²) in [6, 6.07) is 20.9. The molecule has 2 nitrogen and oxygen atoms in total. The molecule has 22 heavy (non-hydrogen) atoms. The zero-order valence-electron chi connectivity index (χ0n) is 12.7. The summed E-state index contributed by atoms with van der Waals surface area (Å²) >= 11 is 0. The molecule has 0 aromatic heterocycles. The molecule has 2 heteroatoms. The van der Waals surface area contributed by atoms with E-state index in [1.165, 1.54) is 21.9 Å². The van der Waals surface area contributed by atoms with Crippen molar-refractivity contribution < 1.29 is 9.47 Å². The van der Waals surface area contributed by atoms with Crippen LogP contribution in [0.5, 0.6) is 5.75 Å². The fourth-order valence-corrected chi connectivity index (χ4v) is 2.56. The molecular formula is C20H18O2. The molecule has 3 rings (SSSR count). The number of rotatable bonds is 4. The van der Waals surface area contributed by atoms with Crippen molar-refractivity contribution in [1.82, 2.24) is 0 Å². The summed E-state index contributed by atoms with van der Waals surface area (Å²) in [4.78, 5) is 0. The van der Waals surface area contributed by atoms with Gasteiger partial charge in [-0.25, -0.2) is 0 Å². The van der Waals surface area contributed by atoms with Crippen LogP contribution in [0.1, 0.15) is 5.56 Å². The van der Waals surface area contributed by atoms with Gasteiger partial charge in [0.25, 0.3) is 0 Å². The summed E-state index contributed by atoms with van der Waals surface area (Å²) < 4.78 is 10.3. The van der Waals surface area contributed by atoms with Gasteiger partial charge in [-0.15, -0.1) is 0 Å². The third kappa shape index (κ3) is 2.82. The lowest BCUT2D eigenvalue weighted by atomic mass is 9.97. The molecule has 0 saturated carbocycles. The van der Waals surface area contributed by atoms with Crippen LogP contribution in [-0.4, -0.2) is 14.2 Å². The highest BCUT2D eigenvalue weighted by Crippen LogP contribution is 2.29. The third-order valence-electron chi connectivity index (χ3n) is 3.70. The van der Waals surface area contributed by atoms with Gasteiger partial charge in [-0.05, 0) is 51.7 Å². The molecule has 0 fully saturated rings. The van der Waals surface area contributed by atoms with Crippen molar-refractivity contribution in [3.8, 4) is 16.9 Å². The van der Waals surface area contributed by atoms with Crippen molar-refractivity contribution in [3.05, 3.63) is 72.5 Å². The van der Waals surface area contributed by atoms with Gasteiger partial charge in [0.15, 0.2) is 0 Å². The van der Waals surface area contributed by atoms with E-state index in [-0.39, 0.29) is 0 Å². The van der Waals surface area contributed by atoms with Gasteiger partial charge in [-0.1, -0.05) is 42.5 Å². The summed E-state index contributed by atoms with van der Waals surface area (Å²) in [7, 11) is 3.34. The average molecular weight is 290 g/mol. The van der Waals surface area contributed by atoms with E-state index < -0.39 is 0 Å². The molecule has 110 valence electrons. The van der Waals surface area contributed by atoms with Gasteiger partial charge >= 0.3 is 0 Å². The topological polar surface area (TPSA) is 18.5 Å². The van der Waals surface area contributed by atoms with Gasteiger partial charge in [0.2, 0.25) is 0 Å². The van der Waals surface area contributed by atoms with Crippen LogP contribution in [0.4, 0.5) is 0 Å². The van der Waals surface area contributed by atoms with E-state index in [1.807, 2.05) is 18.2 Å². The maximum atomic E-state index is 5.28.